The first kappa shape index (κ1) is 25.0. The highest BCUT2D eigenvalue weighted by Crippen LogP contribution is 2.19. The molecule has 1 aromatic carbocycles. The van der Waals surface area contributed by atoms with Gasteiger partial charge in [0.15, 0.2) is 6.10 Å². The van der Waals surface area contributed by atoms with Crippen LogP contribution in [0.5, 0.6) is 0 Å². The Labute approximate surface area is 186 Å². The molecule has 0 saturated heterocycles. The van der Waals surface area contributed by atoms with Gasteiger partial charge in [-0.1, -0.05) is 0 Å². The molecule has 3 N–H and O–H groups in total. The maximum atomic E-state index is 12.3. The molecule has 0 aliphatic heterocycles. The average molecular weight is 466 g/mol. The minimum absolute atomic E-state index is 0.0186. The fourth-order valence-electron chi connectivity index (χ4n) is 2.78. The van der Waals surface area contributed by atoms with Crippen LogP contribution in [0, 0.1) is 13.8 Å². The summed E-state index contributed by atoms with van der Waals surface area (Å²) >= 11 is 0. The van der Waals surface area contributed by atoms with E-state index in [1.165, 1.54) is 38.1 Å². The number of rotatable bonds is 9. The van der Waals surface area contributed by atoms with Gasteiger partial charge in [-0.2, -0.15) is 5.10 Å². The van der Waals surface area contributed by atoms with Crippen LogP contribution >= 0.6 is 0 Å². The van der Waals surface area contributed by atoms with Gasteiger partial charge in [-0.25, -0.2) is 13.1 Å². The van der Waals surface area contributed by atoms with Gasteiger partial charge >= 0.3 is 5.97 Å². The first-order chi connectivity index (χ1) is 14.9. The normalized spacial score (nSPS) is 12.2. The Morgan fingerprint density at radius 2 is 1.75 bits per heavy atom. The molecule has 0 bridgehead atoms. The van der Waals surface area contributed by atoms with E-state index in [0.717, 1.165) is 5.69 Å². The number of hydrogen-bond acceptors (Lipinski definition) is 7. The third-order valence-corrected chi connectivity index (χ3v) is 6.02. The Morgan fingerprint density at radius 3 is 2.28 bits per heavy atom. The van der Waals surface area contributed by atoms with Crippen LogP contribution in [0.25, 0.3) is 0 Å². The number of amides is 2. The van der Waals surface area contributed by atoms with Crippen molar-refractivity contribution in [2.75, 3.05) is 17.2 Å². The molecule has 2 rings (SSSR count). The van der Waals surface area contributed by atoms with Gasteiger partial charge in [-0.05, 0) is 45.0 Å². The molecule has 0 spiro atoms. The fraction of sp³-hybridized carbons (Fsp3) is 0.400. The molecule has 12 heteroatoms. The van der Waals surface area contributed by atoms with E-state index < -0.39 is 28.0 Å². The predicted molar refractivity (Wildman–Crippen MR) is 117 cm³/mol. The van der Waals surface area contributed by atoms with Crippen LogP contribution < -0.4 is 15.4 Å². The molecule has 0 aliphatic carbocycles. The van der Waals surface area contributed by atoms with Crippen LogP contribution in [0.4, 0.5) is 11.4 Å². The van der Waals surface area contributed by atoms with E-state index in [1.807, 2.05) is 0 Å². The van der Waals surface area contributed by atoms with Crippen molar-refractivity contribution in [3.05, 3.63) is 35.7 Å². The lowest BCUT2D eigenvalue weighted by Gasteiger charge is -2.14. The molecular formula is C20H27N5O6S. The number of carbonyl (C=O) groups is 3. The average Bonchev–Trinajstić information content (AvgIpc) is 2.93. The van der Waals surface area contributed by atoms with Crippen LogP contribution in [0.2, 0.25) is 0 Å². The van der Waals surface area contributed by atoms with Gasteiger partial charge in [0.05, 0.1) is 28.4 Å². The van der Waals surface area contributed by atoms with E-state index in [1.54, 1.807) is 25.6 Å². The van der Waals surface area contributed by atoms with Crippen molar-refractivity contribution in [2.24, 2.45) is 7.05 Å². The monoisotopic (exact) mass is 465 g/mol. The highest BCUT2D eigenvalue weighted by Gasteiger charge is 2.21. The van der Waals surface area contributed by atoms with Crippen molar-refractivity contribution in [1.82, 2.24) is 14.5 Å². The van der Waals surface area contributed by atoms with E-state index in [0.29, 0.717) is 17.1 Å². The molecular weight excluding hydrogens is 438 g/mol. The molecule has 11 nitrogen and oxygen atoms in total. The van der Waals surface area contributed by atoms with Crippen molar-refractivity contribution in [1.29, 1.82) is 0 Å². The molecule has 0 aliphatic rings. The standard InChI is InChI=1S/C20H27N5O6S/c1-12-19(13(2)25(5)24-12)23-20(28)14(3)31-18(27)10-11-21-32(29,30)17-8-6-16(7-9-17)22-15(4)26/h6-9,14,21H,10-11H2,1-5H3,(H,22,26)(H,23,28). The number of esters is 1. The highest BCUT2D eigenvalue weighted by atomic mass is 32.2. The number of benzene rings is 1. The second-order valence-corrected chi connectivity index (χ2v) is 8.91. The van der Waals surface area contributed by atoms with Crippen molar-refractivity contribution in [3.8, 4) is 0 Å². The summed E-state index contributed by atoms with van der Waals surface area (Å²) in [7, 11) is -2.10. The molecule has 0 radical (unpaired) electrons. The van der Waals surface area contributed by atoms with Gasteiger partial charge in [0.25, 0.3) is 5.91 Å². The van der Waals surface area contributed by atoms with E-state index in [4.69, 9.17) is 4.74 Å². The Morgan fingerprint density at radius 1 is 1.12 bits per heavy atom. The van der Waals surface area contributed by atoms with Gasteiger partial charge in [0.2, 0.25) is 15.9 Å². The second kappa shape index (κ2) is 10.4. The molecule has 2 aromatic rings. The Hall–Kier alpha value is -3.25. The molecule has 1 aromatic heterocycles. The molecule has 0 saturated carbocycles. The van der Waals surface area contributed by atoms with E-state index in [-0.39, 0.29) is 23.8 Å². The van der Waals surface area contributed by atoms with Crippen molar-refractivity contribution >= 4 is 39.2 Å². The number of hydrogen-bond donors (Lipinski definition) is 3. The number of nitrogens with zero attached hydrogens (tertiary/aromatic N) is 2. The van der Waals surface area contributed by atoms with Crippen LogP contribution in [0.3, 0.4) is 0 Å². The number of aromatic nitrogens is 2. The van der Waals surface area contributed by atoms with Gasteiger partial charge in [0.1, 0.15) is 0 Å². The second-order valence-electron chi connectivity index (χ2n) is 7.14. The van der Waals surface area contributed by atoms with Crippen LogP contribution in [0.1, 0.15) is 31.7 Å². The Balaban J connectivity index is 1.84. The highest BCUT2D eigenvalue weighted by molar-refractivity contribution is 7.89. The Bertz CT molecular complexity index is 1110. The predicted octanol–water partition coefficient (Wildman–Crippen LogP) is 1.23. The topological polar surface area (TPSA) is 148 Å². The quantitative estimate of drug-likeness (QED) is 0.472. The number of aryl methyl sites for hydroxylation is 2. The van der Waals surface area contributed by atoms with Gasteiger partial charge in [0, 0.05) is 26.2 Å². The molecule has 174 valence electrons. The zero-order valence-electron chi connectivity index (χ0n) is 18.6. The number of sulfonamides is 1. The maximum Gasteiger partial charge on any atom is 0.307 e. The summed E-state index contributed by atoms with van der Waals surface area (Å²) in [5.74, 6) is -1.51. The van der Waals surface area contributed by atoms with Crippen LogP contribution in [-0.4, -0.2) is 48.6 Å². The van der Waals surface area contributed by atoms with Crippen molar-refractivity contribution in [3.63, 3.8) is 0 Å². The summed E-state index contributed by atoms with van der Waals surface area (Å²) in [4.78, 5) is 35.3. The van der Waals surface area contributed by atoms with E-state index in [9.17, 15) is 22.8 Å². The molecule has 1 unspecified atom stereocenters. The lowest BCUT2D eigenvalue weighted by Crippen LogP contribution is -2.32. The molecule has 1 atom stereocenters. The third kappa shape index (κ3) is 6.62. The smallest absolute Gasteiger partial charge is 0.307 e. The molecule has 0 fully saturated rings. The lowest BCUT2D eigenvalue weighted by molar-refractivity contribution is -0.152. The number of ether oxygens (including phenoxy) is 1. The number of carbonyl (C=O) groups excluding carboxylic acids is 3. The first-order valence-corrected chi connectivity index (χ1v) is 11.3. The summed E-state index contributed by atoms with van der Waals surface area (Å²) < 4.78 is 33.7. The van der Waals surface area contributed by atoms with E-state index in [2.05, 4.69) is 20.5 Å². The van der Waals surface area contributed by atoms with Gasteiger partial charge in [-0.3, -0.25) is 19.1 Å². The molecule has 2 amide bonds. The minimum Gasteiger partial charge on any atom is -0.452 e. The summed E-state index contributed by atoms with van der Waals surface area (Å²) in [5.41, 5.74) is 2.41. The maximum absolute atomic E-state index is 12.3. The lowest BCUT2D eigenvalue weighted by atomic mass is 10.3. The largest absolute Gasteiger partial charge is 0.452 e. The molecule has 32 heavy (non-hydrogen) atoms. The van der Waals surface area contributed by atoms with Crippen molar-refractivity contribution < 1.29 is 27.5 Å². The molecule has 1 heterocycles. The summed E-state index contributed by atoms with van der Waals surface area (Å²) in [6, 6.07) is 5.58. The van der Waals surface area contributed by atoms with Gasteiger partial charge in [-0.15, -0.1) is 0 Å². The zero-order chi connectivity index (χ0) is 24.1. The summed E-state index contributed by atoms with van der Waals surface area (Å²) in [5, 5.41) is 9.42. The fourth-order valence-corrected chi connectivity index (χ4v) is 3.81. The van der Waals surface area contributed by atoms with Crippen LogP contribution in [-0.2, 0) is 36.2 Å². The summed E-state index contributed by atoms with van der Waals surface area (Å²) in [6.45, 7) is 6.11. The van der Waals surface area contributed by atoms with Gasteiger partial charge < -0.3 is 15.4 Å². The minimum atomic E-state index is -3.85. The van der Waals surface area contributed by atoms with Crippen LogP contribution in [0.15, 0.2) is 29.2 Å². The van der Waals surface area contributed by atoms with Crippen molar-refractivity contribution in [2.45, 2.75) is 45.1 Å². The SMILES string of the molecule is CC(=O)Nc1ccc(S(=O)(=O)NCCC(=O)OC(C)C(=O)Nc2c(C)nn(C)c2C)cc1. The summed E-state index contributed by atoms with van der Waals surface area (Å²) in [6.07, 6.45) is -1.33. The number of anilines is 2. The third-order valence-electron chi connectivity index (χ3n) is 4.54. The zero-order valence-corrected chi connectivity index (χ0v) is 19.4. The number of nitrogens with one attached hydrogen (secondary N) is 3. The van der Waals surface area contributed by atoms with E-state index >= 15 is 0 Å². The first-order valence-electron chi connectivity index (χ1n) is 9.78. The Kier molecular flexibility index (Phi) is 8.11.